The van der Waals surface area contributed by atoms with E-state index in [1.807, 2.05) is 25.1 Å². The van der Waals surface area contributed by atoms with Gasteiger partial charge in [-0.15, -0.1) is 0 Å². The van der Waals surface area contributed by atoms with Crippen molar-refractivity contribution >= 4 is 21.8 Å². The Morgan fingerprint density at radius 1 is 1.37 bits per heavy atom. The molecule has 0 radical (unpaired) electrons. The first-order valence-corrected chi connectivity index (χ1v) is 7.45. The predicted molar refractivity (Wildman–Crippen MR) is 83.6 cm³/mol. The molecule has 0 fully saturated rings. The normalized spacial score (nSPS) is 11.1. The van der Waals surface area contributed by atoms with E-state index >= 15 is 0 Å². The van der Waals surface area contributed by atoms with Crippen LogP contribution in [0.15, 0.2) is 22.7 Å². The Balaban J connectivity index is 2.39. The van der Waals surface area contributed by atoms with Gasteiger partial charge in [0.05, 0.1) is 0 Å². The third kappa shape index (κ3) is 5.74. The number of carbonyl (C=O) groups excluding carboxylic acids is 1. The highest BCUT2D eigenvalue weighted by Gasteiger charge is 2.07. The molecule has 1 aromatic rings. The van der Waals surface area contributed by atoms with Gasteiger partial charge in [-0.2, -0.15) is 0 Å². The zero-order chi connectivity index (χ0) is 14.4. The molecular weight excluding hydrogens is 304 g/mol. The van der Waals surface area contributed by atoms with Gasteiger partial charge in [-0.1, -0.05) is 15.9 Å². The van der Waals surface area contributed by atoms with E-state index in [2.05, 4.69) is 47.0 Å². The summed E-state index contributed by atoms with van der Waals surface area (Å²) in [5, 5.41) is 2.96. The minimum Gasteiger partial charge on any atom is -0.352 e. The largest absolute Gasteiger partial charge is 0.352 e. The topological polar surface area (TPSA) is 32.3 Å². The van der Waals surface area contributed by atoms with Gasteiger partial charge in [-0.3, -0.25) is 4.79 Å². The summed E-state index contributed by atoms with van der Waals surface area (Å²) in [5.74, 6) is -0.00315. The third-order valence-electron chi connectivity index (χ3n) is 3.16. The maximum Gasteiger partial charge on any atom is 0.251 e. The number of nitrogens with one attached hydrogen (secondary N) is 1. The Morgan fingerprint density at radius 2 is 2.05 bits per heavy atom. The zero-order valence-corrected chi connectivity index (χ0v) is 13.8. The number of rotatable bonds is 6. The summed E-state index contributed by atoms with van der Waals surface area (Å²) >= 11 is 3.41. The van der Waals surface area contributed by atoms with E-state index in [9.17, 15) is 4.79 Å². The molecule has 4 heteroatoms. The van der Waals surface area contributed by atoms with E-state index in [0.717, 1.165) is 23.0 Å². The Morgan fingerprint density at radius 3 is 2.63 bits per heavy atom. The van der Waals surface area contributed by atoms with Crippen molar-refractivity contribution < 1.29 is 4.79 Å². The molecular formula is C15H23BrN2O. The molecule has 1 aromatic carbocycles. The van der Waals surface area contributed by atoms with Crippen LogP contribution in [-0.2, 0) is 0 Å². The van der Waals surface area contributed by atoms with Crippen molar-refractivity contribution in [3.63, 3.8) is 0 Å². The van der Waals surface area contributed by atoms with Crippen LogP contribution < -0.4 is 5.32 Å². The van der Waals surface area contributed by atoms with Crippen LogP contribution in [0.1, 0.15) is 36.2 Å². The first-order valence-electron chi connectivity index (χ1n) is 6.66. The van der Waals surface area contributed by atoms with Crippen molar-refractivity contribution in [3.8, 4) is 0 Å². The van der Waals surface area contributed by atoms with E-state index in [-0.39, 0.29) is 5.91 Å². The molecule has 0 aliphatic heterocycles. The van der Waals surface area contributed by atoms with Gasteiger partial charge in [0.1, 0.15) is 0 Å². The van der Waals surface area contributed by atoms with Crippen molar-refractivity contribution in [1.29, 1.82) is 0 Å². The standard InChI is InChI=1S/C15H23BrN2O/c1-11(2)18(4)7-5-6-17-15(19)13-8-12(3)9-14(16)10-13/h8-11H,5-7H2,1-4H3,(H,17,19). The Bertz CT molecular complexity index is 412. The molecule has 0 saturated carbocycles. The van der Waals surface area contributed by atoms with Crippen LogP contribution in [-0.4, -0.2) is 37.0 Å². The van der Waals surface area contributed by atoms with Gasteiger partial charge in [0.25, 0.3) is 5.91 Å². The lowest BCUT2D eigenvalue weighted by atomic mass is 10.1. The average molecular weight is 327 g/mol. The van der Waals surface area contributed by atoms with Gasteiger partial charge in [-0.25, -0.2) is 0 Å². The van der Waals surface area contributed by atoms with Crippen LogP contribution in [0.2, 0.25) is 0 Å². The first kappa shape index (κ1) is 16.2. The Hall–Kier alpha value is -0.870. The third-order valence-corrected chi connectivity index (χ3v) is 3.62. The van der Waals surface area contributed by atoms with Gasteiger partial charge < -0.3 is 10.2 Å². The quantitative estimate of drug-likeness (QED) is 0.814. The second kappa shape index (κ2) is 7.65. The van der Waals surface area contributed by atoms with Crippen LogP contribution >= 0.6 is 15.9 Å². The number of hydrogen-bond acceptors (Lipinski definition) is 2. The molecule has 106 valence electrons. The molecule has 0 heterocycles. The van der Waals surface area contributed by atoms with Gasteiger partial charge in [-0.05, 0) is 64.5 Å². The van der Waals surface area contributed by atoms with Crippen molar-refractivity contribution in [2.24, 2.45) is 0 Å². The molecule has 0 spiro atoms. The van der Waals surface area contributed by atoms with E-state index in [4.69, 9.17) is 0 Å². The zero-order valence-electron chi connectivity index (χ0n) is 12.2. The van der Waals surface area contributed by atoms with E-state index in [1.54, 1.807) is 0 Å². The van der Waals surface area contributed by atoms with Crippen LogP contribution in [0, 0.1) is 6.92 Å². The van der Waals surface area contributed by atoms with Crippen molar-refractivity contribution in [2.75, 3.05) is 20.1 Å². The fraction of sp³-hybridized carbons (Fsp3) is 0.533. The summed E-state index contributed by atoms with van der Waals surface area (Å²) in [7, 11) is 2.10. The molecule has 0 aliphatic rings. The Labute approximate surface area is 124 Å². The van der Waals surface area contributed by atoms with Gasteiger partial charge >= 0.3 is 0 Å². The summed E-state index contributed by atoms with van der Waals surface area (Å²) in [4.78, 5) is 14.3. The summed E-state index contributed by atoms with van der Waals surface area (Å²) in [6.45, 7) is 8.03. The Kier molecular flexibility index (Phi) is 6.52. The molecule has 0 aliphatic carbocycles. The summed E-state index contributed by atoms with van der Waals surface area (Å²) < 4.78 is 0.942. The molecule has 0 saturated heterocycles. The molecule has 1 rings (SSSR count). The smallest absolute Gasteiger partial charge is 0.251 e. The lowest BCUT2D eigenvalue weighted by Gasteiger charge is -2.20. The van der Waals surface area contributed by atoms with Gasteiger partial charge in [0.2, 0.25) is 0 Å². The lowest BCUT2D eigenvalue weighted by molar-refractivity contribution is 0.0951. The minimum absolute atomic E-state index is 0.00315. The highest BCUT2D eigenvalue weighted by molar-refractivity contribution is 9.10. The maximum absolute atomic E-state index is 12.0. The predicted octanol–water partition coefficient (Wildman–Crippen LogP) is 3.22. The van der Waals surface area contributed by atoms with Crippen LogP contribution in [0.4, 0.5) is 0 Å². The highest BCUT2D eigenvalue weighted by atomic mass is 79.9. The minimum atomic E-state index is -0.00315. The number of amides is 1. The molecule has 0 unspecified atom stereocenters. The van der Waals surface area contributed by atoms with Crippen LogP contribution in [0.25, 0.3) is 0 Å². The molecule has 0 aromatic heterocycles. The SMILES string of the molecule is Cc1cc(Br)cc(C(=O)NCCCN(C)C(C)C)c1. The fourth-order valence-electron chi connectivity index (χ4n) is 1.76. The van der Waals surface area contributed by atoms with Crippen molar-refractivity contribution in [3.05, 3.63) is 33.8 Å². The first-order chi connectivity index (χ1) is 8.90. The van der Waals surface area contributed by atoms with Crippen molar-refractivity contribution in [2.45, 2.75) is 33.2 Å². The van der Waals surface area contributed by atoms with E-state index in [0.29, 0.717) is 18.2 Å². The number of benzene rings is 1. The molecule has 19 heavy (non-hydrogen) atoms. The molecule has 0 atom stereocenters. The van der Waals surface area contributed by atoms with Crippen LogP contribution in [0.5, 0.6) is 0 Å². The van der Waals surface area contributed by atoms with Gasteiger partial charge in [0.15, 0.2) is 0 Å². The number of halogens is 1. The number of carbonyl (C=O) groups is 1. The maximum atomic E-state index is 12.0. The lowest BCUT2D eigenvalue weighted by Crippen LogP contribution is -2.31. The molecule has 1 amide bonds. The highest BCUT2D eigenvalue weighted by Crippen LogP contribution is 2.15. The summed E-state index contributed by atoms with van der Waals surface area (Å²) in [6.07, 6.45) is 0.966. The monoisotopic (exact) mass is 326 g/mol. The fourth-order valence-corrected chi connectivity index (χ4v) is 2.37. The van der Waals surface area contributed by atoms with Crippen molar-refractivity contribution in [1.82, 2.24) is 10.2 Å². The second-order valence-corrected chi connectivity index (χ2v) is 6.12. The number of hydrogen-bond donors (Lipinski definition) is 1. The summed E-state index contributed by atoms with van der Waals surface area (Å²) in [6, 6.07) is 6.29. The van der Waals surface area contributed by atoms with Gasteiger partial charge in [0, 0.05) is 22.6 Å². The van der Waals surface area contributed by atoms with E-state index < -0.39 is 0 Å². The second-order valence-electron chi connectivity index (χ2n) is 5.20. The molecule has 0 bridgehead atoms. The van der Waals surface area contributed by atoms with Crippen LogP contribution in [0.3, 0.4) is 0 Å². The summed E-state index contributed by atoms with van der Waals surface area (Å²) in [5.41, 5.74) is 1.79. The number of nitrogens with zero attached hydrogens (tertiary/aromatic N) is 1. The molecule has 3 nitrogen and oxygen atoms in total. The molecule has 1 N–H and O–H groups in total. The number of aryl methyl sites for hydroxylation is 1. The van der Waals surface area contributed by atoms with E-state index in [1.165, 1.54) is 0 Å². The average Bonchev–Trinajstić information content (AvgIpc) is 2.32.